The molecule has 3 aromatic carbocycles. The van der Waals surface area contributed by atoms with Gasteiger partial charge in [-0.1, -0.05) is 29.4 Å². The van der Waals surface area contributed by atoms with Gasteiger partial charge in [-0.25, -0.2) is 17.6 Å². The van der Waals surface area contributed by atoms with Crippen LogP contribution in [0.2, 0.25) is 5.02 Å². The molecule has 6 nitrogen and oxygen atoms in total. The summed E-state index contributed by atoms with van der Waals surface area (Å²) in [5.41, 5.74) is 1.27. The lowest BCUT2D eigenvalue weighted by atomic mass is 10.3. The van der Waals surface area contributed by atoms with Crippen molar-refractivity contribution in [1.82, 2.24) is 9.13 Å². The van der Waals surface area contributed by atoms with Crippen molar-refractivity contribution < 1.29 is 12.8 Å². The molecule has 0 unspecified atom stereocenters. The smallest absolute Gasteiger partial charge is 0.295 e. The fourth-order valence-electron chi connectivity index (χ4n) is 3.16. The molecule has 0 saturated heterocycles. The van der Waals surface area contributed by atoms with Crippen LogP contribution in [0.15, 0.2) is 80.1 Å². The molecule has 0 bridgehead atoms. The van der Waals surface area contributed by atoms with Crippen molar-refractivity contribution in [3.8, 4) is 0 Å². The zero-order valence-corrected chi connectivity index (χ0v) is 18.9. The van der Waals surface area contributed by atoms with E-state index < -0.39 is 10.0 Å². The number of aromatic nitrogens is 2. The number of hydrogen-bond donors (Lipinski definition) is 1. The highest BCUT2D eigenvalue weighted by Gasteiger charge is 2.20. The van der Waals surface area contributed by atoms with Gasteiger partial charge in [-0.05, 0) is 54.6 Å². The van der Waals surface area contributed by atoms with Gasteiger partial charge >= 0.3 is 5.69 Å². The molecule has 31 heavy (non-hydrogen) atoms. The quantitative estimate of drug-likeness (QED) is 0.455. The Morgan fingerprint density at radius 3 is 2.26 bits per heavy atom. The maximum absolute atomic E-state index is 13.3. The highest BCUT2D eigenvalue weighted by molar-refractivity contribution is 7.99. The summed E-state index contributed by atoms with van der Waals surface area (Å²) in [7, 11) is -0.681. The summed E-state index contributed by atoms with van der Waals surface area (Å²) in [5.74, 6) is -0.368. The lowest BCUT2D eigenvalue weighted by Gasteiger charge is -2.14. The lowest BCUT2D eigenvalue weighted by molar-refractivity contribution is 0.601. The minimum atomic E-state index is -3.94. The van der Waals surface area contributed by atoms with E-state index >= 15 is 0 Å². The van der Waals surface area contributed by atoms with E-state index in [1.54, 1.807) is 50.5 Å². The first-order valence-corrected chi connectivity index (χ1v) is 11.7. The van der Waals surface area contributed by atoms with Crippen LogP contribution in [0.25, 0.3) is 11.0 Å². The van der Waals surface area contributed by atoms with E-state index in [0.717, 1.165) is 0 Å². The molecule has 10 heteroatoms. The van der Waals surface area contributed by atoms with Gasteiger partial charge < -0.3 is 0 Å². The van der Waals surface area contributed by atoms with Gasteiger partial charge in [-0.2, -0.15) is 0 Å². The molecule has 0 aliphatic rings. The Morgan fingerprint density at radius 1 is 0.968 bits per heavy atom. The second-order valence-electron chi connectivity index (χ2n) is 6.86. The predicted molar refractivity (Wildman–Crippen MR) is 121 cm³/mol. The Morgan fingerprint density at radius 2 is 1.61 bits per heavy atom. The summed E-state index contributed by atoms with van der Waals surface area (Å²) in [6.45, 7) is 0. The fraction of sp³-hybridized carbons (Fsp3) is 0.0952. The molecule has 0 spiro atoms. The Balaban J connectivity index is 1.86. The third-order valence-corrected chi connectivity index (χ3v) is 7.43. The number of halogens is 2. The summed E-state index contributed by atoms with van der Waals surface area (Å²) >= 11 is 7.21. The maximum Gasteiger partial charge on any atom is 0.328 e. The van der Waals surface area contributed by atoms with Crippen LogP contribution >= 0.6 is 23.4 Å². The molecular formula is C21H17ClFN3O3S2. The Kier molecular flexibility index (Phi) is 5.59. The van der Waals surface area contributed by atoms with Crippen molar-refractivity contribution in [2.24, 2.45) is 14.1 Å². The molecular weight excluding hydrogens is 461 g/mol. The van der Waals surface area contributed by atoms with E-state index in [-0.39, 0.29) is 16.4 Å². The number of nitrogens with zero attached hydrogens (tertiary/aromatic N) is 2. The van der Waals surface area contributed by atoms with Gasteiger partial charge in [-0.3, -0.25) is 13.9 Å². The zero-order chi connectivity index (χ0) is 22.3. The third kappa shape index (κ3) is 4.21. The normalized spacial score (nSPS) is 11.7. The van der Waals surface area contributed by atoms with Crippen molar-refractivity contribution in [2.75, 3.05) is 4.72 Å². The van der Waals surface area contributed by atoms with Gasteiger partial charge in [0.1, 0.15) is 5.82 Å². The summed E-state index contributed by atoms with van der Waals surface area (Å²) in [6.07, 6.45) is 0. The van der Waals surface area contributed by atoms with Crippen molar-refractivity contribution in [1.29, 1.82) is 0 Å². The van der Waals surface area contributed by atoms with Gasteiger partial charge in [0.25, 0.3) is 10.0 Å². The largest absolute Gasteiger partial charge is 0.328 e. The van der Waals surface area contributed by atoms with Crippen molar-refractivity contribution in [2.45, 2.75) is 14.7 Å². The van der Waals surface area contributed by atoms with E-state index in [1.165, 1.54) is 45.2 Å². The van der Waals surface area contributed by atoms with Crippen molar-refractivity contribution in [3.63, 3.8) is 0 Å². The summed E-state index contributed by atoms with van der Waals surface area (Å²) < 4.78 is 44.8. The van der Waals surface area contributed by atoms with Crippen LogP contribution in [0.3, 0.4) is 0 Å². The lowest BCUT2D eigenvalue weighted by Crippen LogP contribution is -2.19. The third-order valence-electron chi connectivity index (χ3n) is 4.77. The monoisotopic (exact) mass is 477 g/mol. The number of anilines is 1. The fourth-order valence-corrected chi connectivity index (χ4v) is 5.51. The van der Waals surface area contributed by atoms with E-state index in [9.17, 15) is 17.6 Å². The minimum absolute atomic E-state index is 0.0137. The molecule has 0 radical (unpaired) electrons. The summed E-state index contributed by atoms with van der Waals surface area (Å²) in [5, 5.41) is 0.296. The molecule has 4 rings (SSSR count). The number of imidazole rings is 1. The molecule has 0 aliphatic carbocycles. The minimum Gasteiger partial charge on any atom is -0.295 e. The molecule has 1 N–H and O–H groups in total. The van der Waals surface area contributed by atoms with E-state index in [0.29, 0.717) is 31.5 Å². The van der Waals surface area contributed by atoms with Crippen LogP contribution in [0, 0.1) is 5.82 Å². The second-order valence-corrected chi connectivity index (χ2v) is 10.1. The molecule has 0 saturated carbocycles. The molecule has 0 atom stereocenters. The molecule has 160 valence electrons. The molecule has 0 aliphatic heterocycles. The van der Waals surface area contributed by atoms with Gasteiger partial charge in [0.05, 0.1) is 21.6 Å². The number of hydrogen-bond acceptors (Lipinski definition) is 4. The second kappa shape index (κ2) is 8.07. The highest BCUT2D eigenvalue weighted by atomic mass is 35.5. The van der Waals surface area contributed by atoms with Crippen LogP contribution in [0.1, 0.15) is 0 Å². The first-order chi connectivity index (χ1) is 14.7. The van der Waals surface area contributed by atoms with Crippen LogP contribution in [-0.2, 0) is 24.1 Å². The highest BCUT2D eigenvalue weighted by Crippen LogP contribution is 2.37. The molecule has 1 aromatic heterocycles. The summed E-state index contributed by atoms with van der Waals surface area (Å²) in [6, 6.07) is 15.1. The number of sulfonamides is 1. The van der Waals surface area contributed by atoms with E-state index in [1.807, 2.05) is 0 Å². The summed E-state index contributed by atoms with van der Waals surface area (Å²) in [4.78, 5) is 13.7. The molecule has 1 heterocycles. The maximum atomic E-state index is 13.3. The van der Waals surface area contributed by atoms with E-state index in [2.05, 4.69) is 4.72 Å². The number of nitrogens with one attached hydrogen (secondary N) is 1. The van der Waals surface area contributed by atoms with E-state index in [4.69, 9.17) is 11.6 Å². The van der Waals surface area contributed by atoms with Crippen LogP contribution in [0.5, 0.6) is 0 Å². The average molecular weight is 478 g/mol. The van der Waals surface area contributed by atoms with Crippen LogP contribution < -0.4 is 10.4 Å². The number of fused-ring (bicyclic) bond motifs is 1. The SMILES string of the molecule is Cn1c(=O)n(C)c2cc(Sc3ccc(F)cc3)c(NS(=O)(=O)c3cccc(Cl)c3)cc21. The van der Waals surface area contributed by atoms with Crippen LogP contribution in [-0.4, -0.2) is 17.6 Å². The van der Waals surface area contributed by atoms with Crippen LogP contribution in [0.4, 0.5) is 10.1 Å². The van der Waals surface area contributed by atoms with Crippen molar-refractivity contribution in [3.05, 3.63) is 82.0 Å². The first kappa shape index (κ1) is 21.5. The van der Waals surface area contributed by atoms with Gasteiger partial charge in [0.15, 0.2) is 0 Å². The molecule has 0 fully saturated rings. The van der Waals surface area contributed by atoms with Gasteiger partial charge in [0, 0.05) is 28.9 Å². The zero-order valence-electron chi connectivity index (χ0n) is 16.5. The first-order valence-electron chi connectivity index (χ1n) is 9.07. The predicted octanol–water partition coefficient (Wildman–Crippen LogP) is 4.62. The van der Waals surface area contributed by atoms with Gasteiger partial charge in [-0.15, -0.1) is 0 Å². The Labute approximate surface area is 187 Å². The number of aryl methyl sites for hydroxylation is 2. The topological polar surface area (TPSA) is 73.1 Å². The van der Waals surface area contributed by atoms with Gasteiger partial charge in [0.2, 0.25) is 0 Å². The standard InChI is InChI=1S/C21H17ClFN3O3S2/c1-25-18-11-17(24-31(28,29)16-5-3-4-13(22)10-16)20(12-19(18)26(2)21(25)27)30-15-8-6-14(23)7-9-15/h3-12,24H,1-2H3. The molecule has 4 aromatic rings. The Hall–Kier alpha value is -2.75. The number of rotatable bonds is 5. The van der Waals surface area contributed by atoms with Crippen molar-refractivity contribution >= 4 is 50.1 Å². The number of benzene rings is 3. The Bertz CT molecular complexity index is 1460. The average Bonchev–Trinajstić information content (AvgIpc) is 2.93. The molecule has 0 amide bonds.